The molecule has 1 aromatic rings. The number of furan rings is 1. The van der Waals surface area contributed by atoms with E-state index in [1.165, 1.54) is 17.1 Å². The van der Waals surface area contributed by atoms with Gasteiger partial charge in [0.15, 0.2) is 16.4 Å². The second-order valence-corrected chi connectivity index (χ2v) is 7.85. The lowest BCUT2D eigenvalue weighted by Crippen LogP contribution is -2.43. The first-order chi connectivity index (χ1) is 11.3. The smallest absolute Gasteiger partial charge is 0.331 e. The van der Waals surface area contributed by atoms with Crippen LogP contribution >= 0.6 is 0 Å². The predicted octanol–water partition coefficient (Wildman–Crippen LogP) is 1.18. The summed E-state index contributed by atoms with van der Waals surface area (Å²) in [6, 6.07) is 3.14. The summed E-state index contributed by atoms with van der Waals surface area (Å²) in [5.41, 5.74) is 0. The van der Waals surface area contributed by atoms with Crippen LogP contribution in [0.1, 0.15) is 24.9 Å². The molecule has 7 nitrogen and oxygen atoms in total. The number of rotatable bonds is 6. The normalized spacial score (nSPS) is 19.5. The molecule has 0 spiro atoms. The van der Waals surface area contributed by atoms with Crippen LogP contribution in [0, 0.1) is 6.92 Å². The molecule has 1 atom stereocenters. The van der Waals surface area contributed by atoms with E-state index in [9.17, 15) is 18.0 Å². The average Bonchev–Trinajstić information content (AvgIpc) is 3.09. The summed E-state index contributed by atoms with van der Waals surface area (Å²) >= 11 is 0. The summed E-state index contributed by atoms with van der Waals surface area (Å²) in [5.74, 6) is 0.248. The molecule has 8 heteroatoms. The van der Waals surface area contributed by atoms with Gasteiger partial charge in [-0.2, -0.15) is 0 Å². The highest BCUT2D eigenvalue weighted by atomic mass is 32.2. The first-order valence-corrected chi connectivity index (χ1v) is 9.54. The number of amides is 1. The van der Waals surface area contributed by atoms with E-state index < -0.39 is 28.3 Å². The zero-order valence-corrected chi connectivity index (χ0v) is 14.5. The summed E-state index contributed by atoms with van der Waals surface area (Å²) < 4.78 is 33.3. The maximum absolute atomic E-state index is 12.2. The Hall–Kier alpha value is -2.09. The highest BCUT2D eigenvalue weighted by molar-refractivity contribution is 7.91. The molecule has 1 saturated heterocycles. The van der Waals surface area contributed by atoms with Gasteiger partial charge in [0, 0.05) is 18.7 Å². The minimum absolute atomic E-state index is 0.0295. The first kappa shape index (κ1) is 18.3. The van der Waals surface area contributed by atoms with Gasteiger partial charge in [0.1, 0.15) is 11.5 Å². The molecule has 0 N–H and O–H groups in total. The van der Waals surface area contributed by atoms with Crippen molar-refractivity contribution in [1.29, 1.82) is 0 Å². The number of carbonyl (C=O) groups excluding carboxylic acids is 2. The Kier molecular flexibility index (Phi) is 5.82. The second kappa shape index (κ2) is 7.65. The van der Waals surface area contributed by atoms with Crippen LogP contribution in [0.3, 0.4) is 0 Å². The van der Waals surface area contributed by atoms with Gasteiger partial charge < -0.3 is 14.1 Å². The molecule has 2 rings (SSSR count). The van der Waals surface area contributed by atoms with E-state index in [1.807, 2.05) is 0 Å². The fourth-order valence-electron chi connectivity index (χ4n) is 2.62. The molecule has 0 saturated carbocycles. The molecule has 0 radical (unpaired) electrons. The van der Waals surface area contributed by atoms with E-state index in [2.05, 4.69) is 0 Å². The average molecular weight is 355 g/mol. The van der Waals surface area contributed by atoms with Crippen molar-refractivity contribution in [2.24, 2.45) is 0 Å². The lowest BCUT2D eigenvalue weighted by Gasteiger charge is -2.26. The maximum atomic E-state index is 12.2. The number of sulfone groups is 1. The van der Waals surface area contributed by atoms with E-state index >= 15 is 0 Å². The third-order valence-corrected chi connectivity index (χ3v) is 5.54. The van der Waals surface area contributed by atoms with Crippen LogP contribution in [-0.2, 0) is 24.2 Å². The molecule has 0 aromatic carbocycles. The Morgan fingerprint density at radius 2 is 2.17 bits per heavy atom. The van der Waals surface area contributed by atoms with Crippen molar-refractivity contribution in [2.75, 3.05) is 24.7 Å². The molecule has 1 aromatic heterocycles. The van der Waals surface area contributed by atoms with Crippen LogP contribution in [0.15, 0.2) is 22.6 Å². The number of likely N-dealkylation sites (N-methyl/N-ethyl adjacent to an activating group) is 1. The zero-order chi connectivity index (χ0) is 17.7. The molecule has 1 amide bonds. The van der Waals surface area contributed by atoms with Gasteiger partial charge in [-0.1, -0.05) is 0 Å². The number of hydrogen-bond acceptors (Lipinski definition) is 6. The molecule has 0 aliphatic carbocycles. The van der Waals surface area contributed by atoms with Gasteiger partial charge in [0.25, 0.3) is 5.91 Å². The highest BCUT2D eigenvalue weighted by Crippen LogP contribution is 2.17. The van der Waals surface area contributed by atoms with Crippen molar-refractivity contribution in [3.63, 3.8) is 0 Å². The van der Waals surface area contributed by atoms with Gasteiger partial charge in [-0.25, -0.2) is 13.2 Å². The monoisotopic (exact) mass is 355 g/mol. The van der Waals surface area contributed by atoms with Crippen molar-refractivity contribution < 1.29 is 27.2 Å². The van der Waals surface area contributed by atoms with Crippen LogP contribution in [0.25, 0.3) is 6.08 Å². The molecule has 1 fully saturated rings. The maximum Gasteiger partial charge on any atom is 0.331 e. The molecule has 0 bridgehead atoms. The van der Waals surface area contributed by atoms with Crippen molar-refractivity contribution in [1.82, 2.24) is 4.90 Å². The van der Waals surface area contributed by atoms with E-state index in [4.69, 9.17) is 9.15 Å². The van der Waals surface area contributed by atoms with Gasteiger partial charge in [-0.3, -0.25) is 4.79 Å². The standard InChI is InChI=1S/C16H21NO6S/c1-3-17(13-8-9-24(20,21)11-13)15(18)10-22-16(19)7-6-14-5-4-12(2)23-14/h4-7,13H,3,8-11H2,1-2H3/b7-6+. The van der Waals surface area contributed by atoms with Crippen LogP contribution in [0.2, 0.25) is 0 Å². The van der Waals surface area contributed by atoms with Crippen LogP contribution in [-0.4, -0.2) is 55.9 Å². The molecular formula is C16H21NO6S. The SMILES string of the molecule is CCN(C(=O)COC(=O)/C=C/c1ccc(C)o1)C1CCS(=O)(=O)C1. The van der Waals surface area contributed by atoms with Gasteiger partial charge in [0.2, 0.25) is 0 Å². The number of aryl methyl sites for hydroxylation is 1. The molecule has 1 aliphatic heterocycles. The van der Waals surface area contributed by atoms with Crippen molar-refractivity contribution in [3.8, 4) is 0 Å². The van der Waals surface area contributed by atoms with Crippen molar-refractivity contribution in [2.45, 2.75) is 26.3 Å². The van der Waals surface area contributed by atoms with E-state index in [0.717, 1.165) is 5.76 Å². The third kappa shape index (κ3) is 4.95. The summed E-state index contributed by atoms with van der Waals surface area (Å²) in [4.78, 5) is 25.3. The Morgan fingerprint density at radius 3 is 2.71 bits per heavy atom. The molecule has 1 unspecified atom stereocenters. The van der Waals surface area contributed by atoms with Crippen LogP contribution in [0.5, 0.6) is 0 Å². The Balaban J connectivity index is 1.84. The molecule has 1 aliphatic rings. The van der Waals surface area contributed by atoms with Gasteiger partial charge in [-0.15, -0.1) is 0 Å². The van der Waals surface area contributed by atoms with Crippen molar-refractivity contribution in [3.05, 3.63) is 29.7 Å². The second-order valence-electron chi connectivity index (χ2n) is 5.63. The Morgan fingerprint density at radius 1 is 1.42 bits per heavy atom. The molecule has 132 valence electrons. The number of nitrogens with zero attached hydrogens (tertiary/aromatic N) is 1. The zero-order valence-electron chi connectivity index (χ0n) is 13.7. The number of esters is 1. The van der Waals surface area contributed by atoms with Crippen LogP contribution in [0.4, 0.5) is 0 Å². The Labute approximate surface area is 141 Å². The summed E-state index contributed by atoms with van der Waals surface area (Å²) in [7, 11) is -3.08. The fourth-order valence-corrected chi connectivity index (χ4v) is 4.35. The van der Waals surface area contributed by atoms with E-state index in [0.29, 0.717) is 18.7 Å². The van der Waals surface area contributed by atoms with E-state index in [1.54, 1.807) is 26.0 Å². The molecular weight excluding hydrogens is 334 g/mol. The predicted molar refractivity (Wildman–Crippen MR) is 87.9 cm³/mol. The third-order valence-electron chi connectivity index (χ3n) is 3.79. The minimum Gasteiger partial charge on any atom is -0.462 e. The number of ether oxygens (including phenoxy) is 1. The fraction of sp³-hybridized carbons (Fsp3) is 0.500. The lowest BCUT2D eigenvalue weighted by atomic mass is 10.2. The van der Waals surface area contributed by atoms with E-state index in [-0.39, 0.29) is 17.5 Å². The number of hydrogen-bond donors (Lipinski definition) is 0. The largest absolute Gasteiger partial charge is 0.462 e. The van der Waals surface area contributed by atoms with Gasteiger partial charge >= 0.3 is 5.97 Å². The highest BCUT2D eigenvalue weighted by Gasteiger charge is 2.34. The summed E-state index contributed by atoms with van der Waals surface area (Å²) in [6.45, 7) is 3.52. The first-order valence-electron chi connectivity index (χ1n) is 7.72. The number of carbonyl (C=O) groups is 2. The topological polar surface area (TPSA) is 93.9 Å². The Bertz CT molecular complexity index is 734. The molecule has 24 heavy (non-hydrogen) atoms. The van der Waals surface area contributed by atoms with Gasteiger partial charge in [0.05, 0.1) is 11.5 Å². The summed E-state index contributed by atoms with van der Waals surface area (Å²) in [5, 5.41) is 0. The van der Waals surface area contributed by atoms with Crippen molar-refractivity contribution >= 4 is 27.8 Å². The quantitative estimate of drug-likeness (QED) is 0.562. The van der Waals surface area contributed by atoms with Crippen LogP contribution < -0.4 is 0 Å². The van der Waals surface area contributed by atoms with Gasteiger partial charge in [-0.05, 0) is 38.5 Å². The molecule has 2 heterocycles. The lowest BCUT2D eigenvalue weighted by molar-refractivity contribution is -0.149. The minimum atomic E-state index is -3.08. The summed E-state index contributed by atoms with van der Waals surface area (Å²) in [6.07, 6.45) is 3.07.